The van der Waals surface area contributed by atoms with E-state index in [2.05, 4.69) is 4.99 Å². The van der Waals surface area contributed by atoms with Gasteiger partial charge in [-0.15, -0.1) is 4.99 Å². The number of hydrogen-bond acceptors (Lipinski definition) is 3. The summed E-state index contributed by atoms with van der Waals surface area (Å²) in [7, 11) is 0. The molecule has 0 bridgehead atoms. The first-order valence-corrected chi connectivity index (χ1v) is 6.47. The molecule has 1 fully saturated rings. The van der Waals surface area contributed by atoms with E-state index in [0.29, 0.717) is 17.5 Å². The summed E-state index contributed by atoms with van der Waals surface area (Å²) >= 11 is 5.91. The molecule has 4 heteroatoms. The van der Waals surface area contributed by atoms with Crippen molar-refractivity contribution >= 4 is 17.5 Å². The maximum Gasteiger partial charge on any atom is 0.210 e. The molecule has 94 valence electrons. The van der Waals surface area contributed by atoms with Crippen LogP contribution in [0.5, 0.6) is 0 Å². The lowest BCUT2D eigenvalue weighted by Crippen LogP contribution is -2.43. The van der Waals surface area contributed by atoms with E-state index in [4.69, 9.17) is 21.6 Å². The lowest BCUT2D eigenvalue weighted by molar-refractivity contribution is 0.233. The highest BCUT2D eigenvalue weighted by molar-refractivity contribution is 6.30. The third kappa shape index (κ3) is 2.21. The Balaban J connectivity index is 2.38. The van der Waals surface area contributed by atoms with Crippen LogP contribution in [0.15, 0.2) is 29.3 Å². The molecule has 0 saturated heterocycles. The van der Waals surface area contributed by atoms with Gasteiger partial charge in [0.1, 0.15) is 0 Å². The molecular weight excluding hydrogens is 248 g/mol. The van der Waals surface area contributed by atoms with Gasteiger partial charge in [-0.25, -0.2) is 0 Å². The van der Waals surface area contributed by atoms with Crippen molar-refractivity contribution < 1.29 is 4.74 Å². The molecule has 1 saturated carbocycles. The topological polar surface area (TPSA) is 45.4 Å². The van der Waals surface area contributed by atoms with Crippen LogP contribution in [0.1, 0.15) is 31.7 Å². The maximum absolute atomic E-state index is 8.80. The van der Waals surface area contributed by atoms with E-state index in [9.17, 15) is 0 Å². The summed E-state index contributed by atoms with van der Waals surface area (Å²) in [6.45, 7) is 2.43. The van der Waals surface area contributed by atoms with Crippen LogP contribution >= 0.6 is 11.6 Å². The number of aliphatic imine (C=N–C) groups is 1. The fraction of sp³-hybridized carbons (Fsp3) is 0.429. The zero-order chi connectivity index (χ0) is 13.0. The van der Waals surface area contributed by atoms with Crippen molar-refractivity contribution in [3.8, 4) is 6.19 Å². The van der Waals surface area contributed by atoms with Gasteiger partial charge in [0, 0.05) is 5.02 Å². The van der Waals surface area contributed by atoms with Crippen molar-refractivity contribution in [2.45, 2.75) is 31.6 Å². The molecule has 3 nitrogen and oxygen atoms in total. The highest BCUT2D eigenvalue weighted by atomic mass is 35.5. The zero-order valence-electron chi connectivity index (χ0n) is 10.3. The standard InChI is InChI=1S/C14H15ClN2O/c1-2-18-13(17-10-16)14(8-3-9-14)11-4-6-12(15)7-5-11/h4-7H,2-3,8-9H2,1H3. The van der Waals surface area contributed by atoms with Gasteiger partial charge in [0.05, 0.1) is 12.0 Å². The van der Waals surface area contributed by atoms with Crippen molar-refractivity contribution in [2.24, 2.45) is 4.99 Å². The molecule has 1 aromatic rings. The van der Waals surface area contributed by atoms with Crippen molar-refractivity contribution in [3.63, 3.8) is 0 Å². The summed E-state index contributed by atoms with van der Waals surface area (Å²) in [4.78, 5) is 3.87. The molecule has 0 spiro atoms. The normalized spacial score (nSPS) is 17.7. The number of halogens is 1. The number of rotatable bonds is 3. The van der Waals surface area contributed by atoms with Gasteiger partial charge < -0.3 is 4.74 Å². The summed E-state index contributed by atoms with van der Waals surface area (Å²) in [5.41, 5.74) is 0.900. The molecule has 1 aliphatic rings. The maximum atomic E-state index is 8.80. The summed E-state index contributed by atoms with van der Waals surface area (Å²) in [6, 6.07) is 7.72. The minimum atomic E-state index is -0.226. The molecule has 0 N–H and O–H groups in total. The molecule has 18 heavy (non-hydrogen) atoms. The van der Waals surface area contributed by atoms with Gasteiger partial charge in [-0.2, -0.15) is 5.26 Å². The third-order valence-corrected chi connectivity index (χ3v) is 3.70. The predicted octanol–water partition coefficient (Wildman–Crippen LogP) is 3.68. The average Bonchev–Trinajstić information content (AvgIpc) is 2.31. The van der Waals surface area contributed by atoms with Gasteiger partial charge in [-0.1, -0.05) is 30.2 Å². The second-order valence-electron chi connectivity index (χ2n) is 4.39. The van der Waals surface area contributed by atoms with Crippen LogP contribution in [0.4, 0.5) is 0 Å². The van der Waals surface area contributed by atoms with Crippen LogP contribution in [0.3, 0.4) is 0 Å². The van der Waals surface area contributed by atoms with E-state index in [-0.39, 0.29) is 5.41 Å². The number of hydrogen-bond donors (Lipinski definition) is 0. The minimum absolute atomic E-state index is 0.226. The van der Waals surface area contributed by atoms with E-state index < -0.39 is 0 Å². The Morgan fingerprint density at radius 1 is 1.44 bits per heavy atom. The van der Waals surface area contributed by atoms with Gasteiger partial charge in [-0.3, -0.25) is 0 Å². The van der Waals surface area contributed by atoms with Gasteiger partial charge >= 0.3 is 0 Å². The summed E-state index contributed by atoms with van der Waals surface area (Å²) < 4.78 is 5.57. The van der Waals surface area contributed by atoms with Crippen LogP contribution in [0.2, 0.25) is 5.02 Å². The molecule has 0 heterocycles. The van der Waals surface area contributed by atoms with Crippen LogP contribution in [0, 0.1) is 11.5 Å². The molecule has 0 atom stereocenters. The summed E-state index contributed by atoms with van der Waals surface area (Å²) in [6.07, 6.45) is 4.90. The minimum Gasteiger partial charge on any atom is -0.480 e. The fourth-order valence-corrected chi connectivity index (χ4v) is 2.51. The van der Waals surface area contributed by atoms with Crippen molar-refractivity contribution in [1.82, 2.24) is 0 Å². The van der Waals surface area contributed by atoms with Gasteiger partial charge in [0.2, 0.25) is 12.1 Å². The Kier molecular flexibility index (Phi) is 3.88. The fourth-order valence-electron chi connectivity index (χ4n) is 2.38. The van der Waals surface area contributed by atoms with E-state index in [1.165, 1.54) is 0 Å². The number of ether oxygens (including phenoxy) is 1. The first kappa shape index (κ1) is 12.9. The summed E-state index contributed by atoms with van der Waals surface area (Å²) in [5.74, 6) is 0.543. The molecular formula is C14H15ClN2O. The Labute approximate surface area is 112 Å². The largest absolute Gasteiger partial charge is 0.480 e. The second-order valence-corrected chi connectivity index (χ2v) is 4.83. The Morgan fingerprint density at radius 2 is 2.11 bits per heavy atom. The number of nitriles is 1. The lowest BCUT2D eigenvalue weighted by atomic mass is 9.64. The molecule has 1 aromatic carbocycles. The van der Waals surface area contributed by atoms with E-state index in [1.807, 2.05) is 37.4 Å². The Hall–Kier alpha value is -1.53. The molecule has 0 amide bonds. The van der Waals surface area contributed by atoms with E-state index >= 15 is 0 Å². The SMILES string of the molecule is CCOC(=NC#N)C1(c2ccc(Cl)cc2)CCC1. The van der Waals surface area contributed by atoms with E-state index in [0.717, 1.165) is 24.8 Å². The second kappa shape index (κ2) is 5.41. The molecule has 1 aliphatic carbocycles. The van der Waals surface area contributed by atoms with Gasteiger partial charge in [0.15, 0.2) is 0 Å². The highest BCUT2D eigenvalue weighted by Crippen LogP contribution is 2.45. The monoisotopic (exact) mass is 262 g/mol. The van der Waals surface area contributed by atoms with Crippen molar-refractivity contribution in [1.29, 1.82) is 5.26 Å². The molecule has 0 aliphatic heterocycles. The van der Waals surface area contributed by atoms with Crippen LogP contribution in [-0.4, -0.2) is 12.5 Å². The number of nitrogens with zero attached hydrogens (tertiary/aromatic N) is 2. The van der Waals surface area contributed by atoms with E-state index in [1.54, 1.807) is 0 Å². The smallest absolute Gasteiger partial charge is 0.210 e. The van der Waals surface area contributed by atoms with Crippen LogP contribution < -0.4 is 0 Å². The van der Waals surface area contributed by atoms with Gasteiger partial charge in [-0.05, 0) is 37.5 Å². The summed E-state index contributed by atoms with van der Waals surface area (Å²) in [5, 5.41) is 9.51. The first-order valence-electron chi connectivity index (χ1n) is 6.09. The Bertz CT molecular complexity index is 484. The highest BCUT2D eigenvalue weighted by Gasteiger charge is 2.45. The molecule has 0 aromatic heterocycles. The molecule has 0 unspecified atom stereocenters. The third-order valence-electron chi connectivity index (χ3n) is 3.45. The van der Waals surface area contributed by atoms with Gasteiger partial charge in [0.25, 0.3) is 0 Å². The average molecular weight is 263 g/mol. The predicted molar refractivity (Wildman–Crippen MR) is 71.7 cm³/mol. The lowest BCUT2D eigenvalue weighted by Gasteiger charge is -2.41. The molecule has 0 radical (unpaired) electrons. The Morgan fingerprint density at radius 3 is 2.56 bits per heavy atom. The van der Waals surface area contributed by atoms with Crippen LogP contribution in [0.25, 0.3) is 0 Å². The number of benzene rings is 1. The first-order chi connectivity index (χ1) is 8.73. The quantitative estimate of drug-likeness (QED) is 0.474. The zero-order valence-corrected chi connectivity index (χ0v) is 11.1. The van der Waals surface area contributed by atoms with Crippen molar-refractivity contribution in [2.75, 3.05) is 6.61 Å². The molecule has 2 rings (SSSR count). The van der Waals surface area contributed by atoms with Crippen LogP contribution in [-0.2, 0) is 10.2 Å². The van der Waals surface area contributed by atoms with Crippen molar-refractivity contribution in [3.05, 3.63) is 34.9 Å².